The van der Waals surface area contributed by atoms with Crippen LogP contribution in [0, 0.1) is 5.92 Å². The minimum absolute atomic E-state index is 0.0436. The van der Waals surface area contributed by atoms with Crippen LogP contribution >= 0.6 is 0 Å². The molecule has 0 aromatic heterocycles. The van der Waals surface area contributed by atoms with Crippen molar-refractivity contribution >= 4 is 12.1 Å². The maximum atomic E-state index is 11.0. The number of primary amides is 1. The van der Waals surface area contributed by atoms with Gasteiger partial charge in [-0.25, -0.2) is 4.99 Å². The fourth-order valence-corrected chi connectivity index (χ4v) is 2.90. The molecular weight excluding hydrogens is 372 g/mol. The van der Waals surface area contributed by atoms with Crippen LogP contribution in [-0.4, -0.2) is 39.0 Å². The Morgan fingerprint density at radius 1 is 1.38 bits per heavy atom. The van der Waals surface area contributed by atoms with E-state index in [0.717, 1.165) is 57.0 Å². The first-order chi connectivity index (χ1) is 14.0. The van der Waals surface area contributed by atoms with Crippen molar-refractivity contribution < 1.29 is 19.0 Å². The molecule has 2 rings (SSSR count). The average molecular weight is 402 g/mol. The van der Waals surface area contributed by atoms with Gasteiger partial charge in [0.25, 0.3) is 0 Å². The van der Waals surface area contributed by atoms with Gasteiger partial charge in [0.15, 0.2) is 11.5 Å². The fraction of sp³-hybridized carbons (Fsp3) is 0.429. The van der Waals surface area contributed by atoms with Gasteiger partial charge in [0.1, 0.15) is 0 Å². The summed E-state index contributed by atoms with van der Waals surface area (Å²) in [5, 5.41) is 3.47. The van der Waals surface area contributed by atoms with E-state index in [-0.39, 0.29) is 11.5 Å². The molecule has 1 saturated heterocycles. The van der Waals surface area contributed by atoms with Gasteiger partial charge >= 0.3 is 0 Å². The summed E-state index contributed by atoms with van der Waals surface area (Å²) in [4.78, 5) is 15.0. The number of ether oxygens (including phenoxy) is 3. The molecule has 0 radical (unpaired) electrons. The highest BCUT2D eigenvalue weighted by atomic mass is 16.5. The predicted molar refractivity (Wildman–Crippen MR) is 113 cm³/mol. The molecule has 1 heterocycles. The molecule has 0 spiro atoms. The number of hydrogen-bond donors (Lipinski definition) is 3. The van der Waals surface area contributed by atoms with Crippen molar-refractivity contribution in [1.29, 1.82) is 0 Å². The summed E-state index contributed by atoms with van der Waals surface area (Å²) in [5.74, 6) is 1.17. The van der Waals surface area contributed by atoms with Crippen LogP contribution in [0.5, 0.6) is 11.5 Å². The number of nitrogens with zero attached hydrogens (tertiary/aromatic N) is 1. The van der Waals surface area contributed by atoms with Gasteiger partial charge < -0.3 is 31.0 Å². The van der Waals surface area contributed by atoms with Crippen molar-refractivity contribution in [3.8, 4) is 11.5 Å². The summed E-state index contributed by atoms with van der Waals surface area (Å²) in [6.07, 6.45) is 5.82. The minimum Gasteiger partial charge on any atom is -0.493 e. The highest BCUT2D eigenvalue weighted by Gasteiger charge is 2.13. The fourth-order valence-electron chi connectivity index (χ4n) is 2.90. The third-order valence-corrected chi connectivity index (χ3v) is 4.65. The Balaban J connectivity index is 1.89. The Kier molecular flexibility index (Phi) is 9.20. The predicted octanol–water partition coefficient (Wildman–Crippen LogP) is 1.85. The first kappa shape index (κ1) is 22.4. The van der Waals surface area contributed by atoms with Crippen molar-refractivity contribution in [2.24, 2.45) is 22.4 Å². The summed E-state index contributed by atoms with van der Waals surface area (Å²) in [7, 11) is 1.56. The highest BCUT2D eigenvalue weighted by molar-refractivity contribution is 6.10. The SMILES string of the molecule is C=C(C=N/C(=C\N)Oc1ccc(CNCCC2CCOCC2)cc1OC)C(N)=O. The monoisotopic (exact) mass is 402 g/mol. The molecule has 158 valence electrons. The van der Waals surface area contributed by atoms with E-state index in [4.69, 9.17) is 25.7 Å². The number of rotatable bonds is 11. The van der Waals surface area contributed by atoms with Gasteiger partial charge in [0, 0.05) is 26.0 Å². The third-order valence-electron chi connectivity index (χ3n) is 4.65. The zero-order chi connectivity index (χ0) is 21.1. The second-order valence-electron chi connectivity index (χ2n) is 6.76. The number of nitrogens with one attached hydrogen (secondary N) is 1. The van der Waals surface area contributed by atoms with Crippen LogP contribution in [-0.2, 0) is 16.1 Å². The Labute approximate surface area is 171 Å². The lowest BCUT2D eigenvalue weighted by Gasteiger charge is -2.22. The van der Waals surface area contributed by atoms with Crippen LogP contribution in [0.15, 0.2) is 47.4 Å². The van der Waals surface area contributed by atoms with E-state index in [1.54, 1.807) is 13.2 Å². The van der Waals surface area contributed by atoms with Crippen LogP contribution < -0.4 is 26.3 Å². The van der Waals surface area contributed by atoms with Gasteiger partial charge in [-0.2, -0.15) is 0 Å². The van der Waals surface area contributed by atoms with Crippen LogP contribution in [0.4, 0.5) is 0 Å². The average Bonchev–Trinajstić information content (AvgIpc) is 2.75. The molecule has 5 N–H and O–H groups in total. The summed E-state index contributed by atoms with van der Waals surface area (Å²) in [6, 6.07) is 5.63. The largest absolute Gasteiger partial charge is 0.493 e. The van der Waals surface area contributed by atoms with Crippen molar-refractivity contribution in [3.63, 3.8) is 0 Å². The first-order valence-corrected chi connectivity index (χ1v) is 9.61. The summed E-state index contributed by atoms with van der Waals surface area (Å²) in [6.45, 7) is 6.94. The quantitative estimate of drug-likeness (QED) is 0.225. The molecule has 0 aliphatic carbocycles. The summed E-state index contributed by atoms with van der Waals surface area (Å²) < 4.78 is 16.5. The molecule has 0 atom stereocenters. The number of amides is 1. The van der Waals surface area contributed by atoms with Gasteiger partial charge in [-0.3, -0.25) is 4.79 Å². The molecule has 1 aromatic carbocycles. The standard InChI is InChI=1S/C21H30N4O4/c1-15(21(23)26)13-25-20(12-22)29-18-4-3-17(11-19(18)27-2)14-24-8-5-16-6-9-28-10-7-16/h3-4,11-13,16,24H,1,5-10,14,22H2,2H3,(H2,23,26)/b20-12+,25-13?. The molecule has 1 aliphatic rings. The Hall–Kier alpha value is -2.84. The van der Waals surface area contributed by atoms with Crippen LogP contribution in [0.3, 0.4) is 0 Å². The van der Waals surface area contributed by atoms with E-state index < -0.39 is 5.91 Å². The van der Waals surface area contributed by atoms with E-state index in [1.807, 2.05) is 12.1 Å². The van der Waals surface area contributed by atoms with Crippen molar-refractivity contribution in [2.75, 3.05) is 26.9 Å². The Morgan fingerprint density at radius 2 is 2.14 bits per heavy atom. The lowest BCUT2D eigenvalue weighted by Crippen LogP contribution is -2.22. The van der Waals surface area contributed by atoms with E-state index in [0.29, 0.717) is 11.5 Å². The summed E-state index contributed by atoms with van der Waals surface area (Å²) in [5.41, 5.74) is 11.8. The Morgan fingerprint density at radius 3 is 2.79 bits per heavy atom. The number of carbonyl (C=O) groups excluding carboxylic acids is 1. The molecule has 1 aliphatic heterocycles. The van der Waals surface area contributed by atoms with Crippen molar-refractivity contribution in [1.82, 2.24) is 5.32 Å². The van der Waals surface area contributed by atoms with Crippen molar-refractivity contribution in [3.05, 3.63) is 48.0 Å². The zero-order valence-electron chi connectivity index (χ0n) is 16.9. The van der Waals surface area contributed by atoms with E-state index in [9.17, 15) is 4.79 Å². The number of benzene rings is 1. The highest BCUT2D eigenvalue weighted by Crippen LogP contribution is 2.29. The zero-order valence-corrected chi connectivity index (χ0v) is 16.9. The number of carbonyl (C=O) groups is 1. The molecule has 8 heteroatoms. The van der Waals surface area contributed by atoms with Crippen molar-refractivity contribution in [2.45, 2.75) is 25.8 Å². The molecule has 0 unspecified atom stereocenters. The first-order valence-electron chi connectivity index (χ1n) is 9.61. The van der Waals surface area contributed by atoms with E-state index >= 15 is 0 Å². The topological polar surface area (TPSA) is 121 Å². The van der Waals surface area contributed by atoms with Gasteiger partial charge in [0.05, 0.1) is 18.9 Å². The maximum absolute atomic E-state index is 11.0. The molecule has 1 fully saturated rings. The van der Waals surface area contributed by atoms with E-state index in [2.05, 4.69) is 16.9 Å². The lowest BCUT2D eigenvalue weighted by atomic mass is 9.97. The second kappa shape index (κ2) is 11.9. The van der Waals surface area contributed by atoms with E-state index in [1.165, 1.54) is 12.4 Å². The van der Waals surface area contributed by atoms with Crippen LogP contribution in [0.2, 0.25) is 0 Å². The van der Waals surface area contributed by atoms with Crippen LogP contribution in [0.1, 0.15) is 24.8 Å². The number of nitrogens with two attached hydrogens (primary N) is 2. The second-order valence-corrected chi connectivity index (χ2v) is 6.76. The van der Waals surface area contributed by atoms with Gasteiger partial charge in [0.2, 0.25) is 11.8 Å². The number of hydrogen-bond acceptors (Lipinski definition) is 7. The minimum atomic E-state index is -0.670. The lowest BCUT2D eigenvalue weighted by molar-refractivity contribution is -0.114. The van der Waals surface area contributed by atoms with Gasteiger partial charge in [-0.15, -0.1) is 0 Å². The molecule has 8 nitrogen and oxygen atoms in total. The molecule has 29 heavy (non-hydrogen) atoms. The normalized spacial score (nSPS) is 15.4. The summed E-state index contributed by atoms with van der Waals surface area (Å²) >= 11 is 0. The molecule has 1 amide bonds. The van der Waals surface area contributed by atoms with Gasteiger partial charge in [-0.05, 0) is 49.4 Å². The number of aliphatic imine (C=N–C) groups is 1. The third kappa shape index (κ3) is 7.59. The molecule has 0 bridgehead atoms. The van der Waals surface area contributed by atoms with Gasteiger partial charge in [-0.1, -0.05) is 12.6 Å². The Bertz CT molecular complexity index is 755. The smallest absolute Gasteiger partial charge is 0.249 e. The number of methoxy groups -OCH3 is 1. The molecule has 0 saturated carbocycles. The van der Waals surface area contributed by atoms with Crippen LogP contribution in [0.25, 0.3) is 0 Å². The molecular formula is C21H30N4O4. The maximum Gasteiger partial charge on any atom is 0.249 e. The molecule has 1 aromatic rings.